The Labute approximate surface area is 91.1 Å². The molecule has 0 spiro atoms. The van der Waals surface area contributed by atoms with E-state index in [9.17, 15) is 0 Å². The van der Waals surface area contributed by atoms with Crippen LogP contribution in [0.2, 0.25) is 0 Å². The number of nitrogens with one attached hydrogen (secondary N) is 1. The Balaban J connectivity index is 2.18. The van der Waals surface area contributed by atoms with E-state index in [0.29, 0.717) is 12.0 Å². The maximum absolute atomic E-state index is 5.62. The lowest BCUT2D eigenvalue weighted by Gasteiger charge is -2.22. The molecule has 1 aromatic heterocycles. The zero-order chi connectivity index (χ0) is 10.7. The van der Waals surface area contributed by atoms with Crippen molar-refractivity contribution in [3.8, 4) is 0 Å². The number of hydrogen-bond donors (Lipinski definition) is 2. The van der Waals surface area contributed by atoms with E-state index >= 15 is 0 Å². The van der Waals surface area contributed by atoms with Crippen molar-refractivity contribution in [2.24, 2.45) is 5.84 Å². The summed E-state index contributed by atoms with van der Waals surface area (Å²) in [5.41, 5.74) is 5.61. The number of hydrazine groups is 1. The minimum Gasteiger partial charge on any atom is -0.271 e. The van der Waals surface area contributed by atoms with Crippen LogP contribution in [0.4, 0.5) is 0 Å². The fraction of sp³-hybridized carbons (Fsp3) is 0.583. The lowest BCUT2D eigenvalue weighted by Crippen LogP contribution is -2.39. The highest BCUT2D eigenvalue weighted by atomic mass is 15.2. The molecule has 3 N–H and O–H groups in total. The van der Waals surface area contributed by atoms with Crippen molar-refractivity contribution >= 4 is 0 Å². The summed E-state index contributed by atoms with van der Waals surface area (Å²) in [5, 5.41) is 0. The second-order valence-corrected chi connectivity index (χ2v) is 4.25. The number of nitrogens with two attached hydrogens (primary N) is 1. The number of nitrogens with zero attached hydrogens (tertiary/aromatic N) is 1. The van der Waals surface area contributed by atoms with Crippen LogP contribution in [0.1, 0.15) is 43.4 Å². The van der Waals surface area contributed by atoms with Gasteiger partial charge in [-0.2, -0.15) is 0 Å². The van der Waals surface area contributed by atoms with E-state index in [2.05, 4.69) is 23.4 Å². The SMILES string of the molecule is CCCC(NN)C1CCc2cccnc21. The van der Waals surface area contributed by atoms with E-state index < -0.39 is 0 Å². The van der Waals surface area contributed by atoms with Crippen molar-refractivity contribution in [1.29, 1.82) is 0 Å². The maximum Gasteiger partial charge on any atom is 0.0482 e. The van der Waals surface area contributed by atoms with Crippen LogP contribution in [0, 0.1) is 0 Å². The van der Waals surface area contributed by atoms with Crippen LogP contribution >= 0.6 is 0 Å². The molecule has 0 bridgehead atoms. The number of rotatable bonds is 4. The number of hydrogen-bond acceptors (Lipinski definition) is 3. The molecule has 0 saturated heterocycles. The molecule has 0 amide bonds. The molecule has 82 valence electrons. The first-order valence-electron chi connectivity index (χ1n) is 5.76. The van der Waals surface area contributed by atoms with Gasteiger partial charge in [-0.05, 0) is 30.9 Å². The fourth-order valence-corrected chi connectivity index (χ4v) is 2.55. The highest BCUT2D eigenvalue weighted by Crippen LogP contribution is 2.34. The number of aromatic nitrogens is 1. The first-order valence-corrected chi connectivity index (χ1v) is 5.76. The molecule has 0 aliphatic heterocycles. The number of fused-ring (bicyclic) bond motifs is 1. The highest BCUT2D eigenvalue weighted by molar-refractivity contribution is 5.29. The third kappa shape index (κ3) is 2.03. The summed E-state index contributed by atoms with van der Waals surface area (Å²) in [6, 6.07) is 4.58. The van der Waals surface area contributed by atoms with Crippen LogP contribution in [-0.2, 0) is 6.42 Å². The van der Waals surface area contributed by atoms with Gasteiger partial charge < -0.3 is 0 Å². The van der Waals surface area contributed by atoms with Gasteiger partial charge in [0.05, 0.1) is 0 Å². The molecule has 2 rings (SSSR count). The molecule has 15 heavy (non-hydrogen) atoms. The molecule has 1 aliphatic rings. The highest BCUT2D eigenvalue weighted by Gasteiger charge is 2.29. The molecule has 2 unspecified atom stereocenters. The van der Waals surface area contributed by atoms with E-state index in [0.717, 1.165) is 19.3 Å². The largest absolute Gasteiger partial charge is 0.271 e. The summed E-state index contributed by atoms with van der Waals surface area (Å²) >= 11 is 0. The van der Waals surface area contributed by atoms with E-state index in [-0.39, 0.29) is 0 Å². The Morgan fingerprint density at radius 1 is 1.67 bits per heavy atom. The van der Waals surface area contributed by atoms with Crippen LogP contribution < -0.4 is 11.3 Å². The van der Waals surface area contributed by atoms with Crippen molar-refractivity contribution in [3.05, 3.63) is 29.6 Å². The second kappa shape index (κ2) is 4.73. The first-order chi connectivity index (χ1) is 7.36. The summed E-state index contributed by atoms with van der Waals surface area (Å²) in [5.74, 6) is 6.12. The van der Waals surface area contributed by atoms with Crippen molar-refractivity contribution in [2.45, 2.75) is 44.6 Å². The quantitative estimate of drug-likeness (QED) is 0.581. The van der Waals surface area contributed by atoms with Crippen LogP contribution in [0.15, 0.2) is 18.3 Å². The number of pyridine rings is 1. The molecule has 1 heterocycles. The van der Waals surface area contributed by atoms with Crippen LogP contribution in [0.25, 0.3) is 0 Å². The lowest BCUT2D eigenvalue weighted by molar-refractivity contribution is 0.404. The van der Waals surface area contributed by atoms with E-state index in [1.807, 2.05) is 12.3 Å². The van der Waals surface area contributed by atoms with Gasteiger partial charge in [-0.25, -0.2) is 0 Å². The molecular formula is C12H19N3. The molecule has 1 aliphatic carbocycles. The Bertz CT molecular complexity index is 324. The first kappa shape index (κ1) is 10.6. The van der Waals surface area contributed by atoms with E-state index in [1.54, 1.807) is 0 Å². The summed E-state index contributed by atoms with van der Waals surface area (Å²) in [4.78, 5) is 4.50. The van der Waals surface area contributed by atoms with Crippen molar-refractivity contribution in [1.82, 2.24) is 10.4 Å². The molecule has 0 radical (unpaired) electrons. The zero-order valence-corrected chi connectivity index (χ0v) is 9.24. The smallest absolute Gasteiger partial charge is 0.0482 e. The fourth-order valence-electron chi connectivity index (χ4n) is 2.55. The van der Waals surface area contributed by atoms with Crippen molar-refractivity contribution in [3.63, 3.8) is 0 Å². The van der Waals surface area contributed by atoms with E-state index in [4.69, 9.17) is 5.84 Å². The third-order valence-corrected chi connectivity index (χ3v) is 3.30. The van der Waals surface area contributed by atoms with Gasteiger partial charge in [-0.15, -0.1) is 0 Å². The summed E-state index contributed by atoms with van der Waals surface area (Å²) in [7, 11) is 0. The Morgan fingerprint density at radius 2 is 2.53 bits per heavy atom. The van der Waals surface area contributed by atoms with Gasteiger partial charge in [0.2, 0.25) is 0 Å². The van der Waals surface area contributed by atoms with Crippen LogP contribution in [0.3, 0.4) is 0 Å². The molecule has 0 fully saturated rings. The topological polar surface area (TPSA) is 50.9 Å². The molecule has 2 atom stereocenters. The molecule has 1 aromatic rings. The normalized spacial score (nSPS) is 21.3. The Hall–Kier alpha value is -0.930. The van der Waals surface area contributed by atoms with Gasteiger partial charge >= 0.3 is 0 Å². The molecular weight excluding hydrogens is 186 g/mol. The van der Waals surface area contributed by atoms with Gasteiger partial charge in [-0.3, -0.25) is 16.3 Å². The monoisotopic (exact) mass is 205 g/mol. The molecule has 0 saturated carbocycles. The predicted molar refractivity (Wildman–Crippen MR) is 61.3 cm³/mol. The third-order valence-electron chi connectivity index (χ3n) is 3.30. The second-order valence-electron chi connectivity index (χ2n) is 4.25. The van der Waals surface area contributed by atoms with Gasteiger partial charge in [0, 0.05) is 23.9 Å². The molecule has 3 nitrogen and oxygen atoms in total. The number of aryl methyl sites for hydroxylation is 1. The lowest BCUT2D eigenvalue weighted by atomic mass is 9.94. The standard InChI is InChI=1S/C12H19N3/c1-2-4-11(15-13)10-7-6-9-5-3-8-14-12(9)10/h3,5,8,10-11,15H,2,4,6-7,13H2,1H3. The maximum atomic E-state index is 5.62. The zero-order valence-electron chi connectivity index (χ0n) is 9.24. The summed E-state index contributed by atoms with van der Waals surface area (Å²) < 4.78 is 0. The Kier molecular flexibility index (Phi) is 3.34. The van der Waals surface area contributed by atoms with Crippen molar-refractivity contribution < 1.29 is 0 Å². The van der Waals surface area contributed by atoms with E-state index in [1.165, 1.54) is 17.7 Å². The minimum absolute atomic E-state index is 0.381. The van der Waals surface area contributed by atoms with Gasteiger partial charge in [-0.1, -0.05) is 19.4 Å². The minimum atomic E-state index is 0.381. The molecule has 0 aromatic carbocycles. The van der Waals surface area contributed by atoms with Gasteiger partial charge in [0.25, 0.3) is 0 Å². The average molecular weight is 205 g/mol. The van der Waals surface area contributed by atoms with Gasteiger partial charge in [0.15, 0.2) is 0 Å². The van der Waals surface area contributed by atoms with Gasteiger partial charge in [0.1, 0.15) is 0 Å². The molecule has 3 heteroatoms. The predicted octanol–water partition coefficient (Wildman–Crippen LogP) is 1.74. The summed E-state index contributed by atoms with van der Waals surface area (Å²) in [6.07, 6.45) is 6.50. The van der Waals surface area contributed by atoms with Crippen LogP contribution in [0.5, 0.6) is 0 Å². The van der Waals surface area contributed by atoms with Crippen molar-refractivity contribution in [2.75, 3.05) is 0 Å². The average Bonchev–Trinajstić information content (AvgIpc) is 2.70. The summed E-state index contributed by atoms with van der Waals surface area (Å²) in [6.45, 7) is 2.19. The Morgan fingerprint density at radius 3 is 3.27 bits per heavy atom. The van der Waals surface area contributed by atoms with Crippen LogP contribution in [-0.4, -0.2) is 11.0 Å².